The first kappa shape index (κ1) is 18.1. The monoisotopic (exact) mass is 346 g/mol. The summed E-state index contributed by atoms with van der Waals surface area (Å²) in [5, 5.41) is 14.8. The maximum atomic E-state index is 12.0. The van der Waals surface area contributed by atoms with Crippen LogP contribution in [0.1, 0.15) is 53.5 Å². The summed E-state index contributed by atoms with van der Waals surface area (Å²) in [4.78, 5) is 23.9. The van der Waals surface area contributed by atoms with Crippen LogP contribution >= 0.6 is 11.3 Å². The van der Waals surface area contributed by atoms with Crippen LogP contribution in [0, 0.1) is 6.92 Å². The van der Waals surface area contributed by atoms with E-state index in [1.54, 1.807) is 12.1 Å². The van der Waals surface area contributed by atoms with Gasteiger partial charge in [-0.2, -0.15) is 0 Å². The SMILES string of the molecule is CCC(CC)c1nnc(NC(=O)CNC(=O)c2ccc(C)cc2)s1. The number of nitrogens with zero attached hydrogens (tertiary/aromatic N) is 2. The Morgan fingerprint density at radius 3 is 2.42 bits per heavy atom. The summed E-state index contributed by atoms with van der Waals surface area (Å²) < 4.78 is 0. The van der Waals surface area contributed by atoms with Gasteiger partial charge in [-0.25, -0.2) is 0 Å². The van der Waals surface area contributed by atoms with Gasteiger partial charge in [-0.3, -0.25) is 14.9 Å². The molecule has 1 aromatic carbocycles. The standard InChI is InChI=1S/C17H22N4O2S/c1-4-12(5-2)16-20-21-17(24-16)19-14(22)10-18-15(23)13-8-6-11(3)7-9-13/h6-9,12H,4-5,10H2,1-3H3,(H,18,23)(H,19,21,22). The van der Waals surface area contributed by atoms with Crippen LogP contribution in [-0.2, 0) is 4.79 Å². The van der Waals surface area contributed by atoms with E-state index in [1.807, 2.05) is 19.1 Å². The Bertz CT molecular complexity index is 693. The first-order chi connectivity index (χ1) is 11.5. The predicted molar refractivity (Wildman–Crippen MR) is 95.4 cm³/mol. The molecule has 0 unspecified atom stereocenters. The van der Waals surface area contributed by atoms with E-state index in [9.17, 15) is 9.59 Å². The van der Waals surface area contributed by atoms with Crippen molar-refractivity contribution in [1.82, 2.24) is 15.5 Å². The number of rotatable bonds is 7. The van der Waals surface area contributed by atoms with Crippen molar-refractivity contribution in [3.05, 3.63) is 40.4 Å². The lowest BCUT2D eigenvalue weighted by Gasteiger charge is -2.06. The molecule has 128 valence electrons. The van der Waals surface area contributed by atoms with Gasteiger partial charge < -0.3 is 5.32 Å². The minimum absolute atomic E-state index is 0.105. The summed E-state index contributed by atoms with van der Waals surface area (Å²) in [5.74, 6) is -0.225. The second-order valence-electron chi connectivity index (χ2n) is 5.56. The first-order valence-corrected chi connectivity index (χ1v) is 8.83. The normalized spacial score (nSPS) is 10.7. The maximum absolute atomic E-state index is 12.0. The molecule has 0 radical (unpaired) electrons. The van der Waals surface area contributed by atoms with Gasteiger partial charge in [0.2, 0.25) is 11.0 Å². The summed E-state index contributed by atoms with van der Waals surface area (Å²) in [6, 6.07) is 7.18. The summed E-state index contributed by atoms with van der Waals surface area (Å²) in [6.07, 6.45) is 1.98. The van der Waals surface area contributed by atoms with E-state index >= 15 is 0 Å². The molecule has 0 aliphatic carbocycles. The smallest absolute Gasteiger partial charge is 0.251 e. The zero-order valence-corrected chi connectivity index (χ0v) is 14.9. The molecule has 2 aromatic rings. The molecule has 6 nitrogen and oxygen atoms in total. The predicted octanol–water partition coefficient (Wildman–Crippen LogP) is 3.12. The van der Waals surface area contributed by atoms with Crippen LogP contribution in [0.5, 0.6) is 0 Å². The highest BCUT2D eigenvalue weighted by atomic mass is 32.1. The average Bonchev–Trinajstić information content (AvgIpc) is 3.02. The number of aromatic nitrogens is 2. The molecule has 0 aliphatic rings. The van der Waals surface area contributed by atoms with Crippen molar-refractivity contribution in [2.24, 2.45) is 0 Å². The van der Waals surface area contributed by atoms with Crippen molar-refractivity contribution in [3.63, 3.8) is 0 Å². The molecule has 1 aromatic heterocycles. The number of nitrogens with one attached hydrogen (secondary N) is 2. The molecule has 2 N–H and O–H groups in total. The van der Waals surface area contributed by atoms with Gasteiger partial charge >= 0.3 is 0 Å². The van der Waals surface area contributed by atoms with E-state index in [-0.39, 0.29) is 18.4 Å². The van der Waals surface area contributed by atoms with E-state index in [4.69, 9.17) is 0 Å². The second kappa shape index (κ2) is 8.54. The van der Waals surface area contributed by atoms with Gasteiger partial charge in [0, 0.05) is 11.5 Å². The molecule has 24 heavy (non-hydrogen) atoms. The minimum atomic E-state index is -0.317. The summed E-state index contributed by atoms with van der Waals surface area (Å²) in [6.45, 7) is 6.06. The fourth-order valence-electron chi connectivity index (χ4n) is 2.22. The lowest BCUT2D eigenvalue weighted by molar-refractivity contribution is -0.115. The Balaban J connectivity index is 1.85. The topological polar surface area (TPSA) is 84.0 Å². The molecule has 0 spiro atoms. The van der Waals surface area contributed by atoms with E-state index in [1.165, 1.54) is 11.3 Å². The molecule has 1 heterocycles. The fraction of sp³-hybridized carbons (Fsp3) is 0.412. The molecule has 0 bridgehead atoms. The van der Waals surface area contributed by atoms with Crippen molar-refractivity contribution in [3.8, 4) is 0 Å². The van der Waals surface area contributed by atoms with Gasteiger partial charge in [0.1, 0.15) is 5.01 Å². The van der Waals surface area contributed by atoms with Crippen molar-refractivity contribution in [2.75, 3.05) is 11.9 Å². The number of hydrogen-bond donors (Lipinski definition) is 2. The third kappa shape index (κ3) is 4.86. The van der Waals surface area contributed by atoms with E-state index in [0.29, 0.717) is 16.6 Å². The molecule has 7 heteroatoms. The molecule has 0 saturated heterocycles. The third-order valence-electron chi connectivity index (χ3n) is 3.75. The van der Waals surface area contributed by atoms with E-state index in [0.717, 1.165) is 23.4 Å². The zero-order chi connectivity index (χ0) is 17.5. The Morgan fingerprint density at radius 2 is 1.79 bits per heavy atom. The van der Waals surface area contributed by atoms with Crippen LogP contribution in [0.4, 0.5) is 5.13 Å². The van der Waals surface area contributed by atoms with Crippen LogP contribution in [0.15, 0.2) is 24.3 Å². The van der Waals surface area contributed by atoms with E-state index in [2.05, 4.69) is 34.7 Å². The van der Waals surface area contributed by atoms with Crippen molar-refractivity contribution in [1.29, 1.82) is 0 Å². The number of hydrogen-bond acceptors (Lipinski definition) is 5. The van der Waals surface area contributed by atoms with Crippen LogP contribution in [-0.4, -0.2) is 28.6 Å². The van der Waals surface area contributed by atoms with Gasteiger partial charge in [0.05, 0.1) is 6.54 Å². The molecular weight excluding hydrogens is 324 g/mol. The molecule has 0 fully saturated rings. The Kier molecular flexibility index (Phi) is 6.43. The minimum Gasteiger partial charge on any atom is -0.343 e. The molecule has 0 saturated carbocycles. The van der Waals surface area contributed by atoms with Crippen molar-refractivity contribution < 1.29 is 9.59 Å². The molecular formula is C17H22N4O2S. The fourth-order valence-corrected chi connectivity index (χ4v) is 3.25. The summed E-state index contributed by atoms with van der Waals surface area (Å²) >= 11 is 1.38. The number of carbonyl (C=O) groups is 2. The molecule has 2 rings (SSSR count). The molecule has 0 atom stereocenters. The molecule has 2 amide bonds. The summed E-state index contributed by atoms with van der Waals surface area (Å²) in [5.41, 5.74) is 1.61. The quantitative estimate of drug-likeness (QED) is 0.807. The van der Waals surface area contributed by atoms with Gasteiger partial charge in [-0.05, 0) is 31.9 Å². The largest absolute Gasteiger partial charge is 0.343 e. The van der Waals surface area contributed by atoms with Crippen molar-refractivity contribution in [2.45, 2.75) is 39.5 Å². The Hall–Kier alpha value is -2.28. The van der Waals surface area contributed by atoms with Gasteiger partial charge in [0.15, 0.2) is 0 Å². The summed E-state index contributed by atoms with van der Waals surface area (Å²) in [7, 11) is 0. The number of aryl methyl sites for hydroxylation is 1. The number of anilines is 1. The van der Waals surface area contributed by atoms with Gasteiger partial charge in [-0.15, -0.1) is 10.2 Å². The van der Waals surface area contributed by atoms with Crippen molar-refractivity contribution >= 4 is 28.3 Å². The van der Waals surface area contributed by atoms with Crippen LogP contribution in [0.25, 0.3) is 0 Å². The first-order valence-electron chi connectivity index (χ1n) is 8.01. The lowest BCUT2D eigenvalue weighted by Crippen LogP contribution is -2.32. The highest BCUT2D eigenvalue weighted by molar-refractivity contribution is 7.15. The van der Waals surface area contributed by atoms with Crippen LogP contribution in [0.2, 0.25) is 0 Å². The third-order valence-corrected chi connectivity index (χ3v) is 4.75. The van der Waals surface area contributed by atoms with Crippen LogP contribution in [0.3, 0.4) is 0 Å². The Labute approximate surface area is 145 Å². The number of carbonyl (C=O) groups excluding carboxylic acids is 2. The van der Waals surface area contributed by atoms with Gasteiger partial charge in [0.25, 0.3) is 5.91 Å². The zero-order valence-electron chi connectivity index (χ0n) is 14.1. The maximum Gasteiger partial charge on any atom is 0.251 e. The van der Waals surface area contributed by atoms with E-state index < -0.39 is 0 Å². The highest BCUT2D eigenvalue weighted by Crippen LogP contribution is 2.27. The lowest BCUT2D eigenvalue weighted by atomic mass is 10.1. The average molecular weight is 346 g/mol. The number of amides is 2. The molecule has 0 aliphatic heterocycles. The van der Waals surface area contributed by atoms with Gasteiger partial charge in [-0.1, -0.05) is 42.9 Å². The second-order valence-corrected chi connectivity index (χ2v) is 6.56. The van der Waals surface area contributed by atoms with Crippen LogP contribution < -0.4 is 10.6 Å². The Morgan fingerprint density at radius 1 is 1.12 bits per heavy atom. The number of benzene rings is 1. The highest BCUT2D eigenvalue weighted by Gasteiger charge is 2.15.